The van der Waals surface area contributed by atoms with E-state index in [1.54, 1.807) is 0 Å². The van der Waals surface area contributed by atoms with Gasteiger partial charge in [-0.1, -0.05) is 12.1 Å². The lowest BCUT2D eigenvalue weighted by Crippen LogP contribution is -2.32. The standard InChI is InChI=1S/C15H21N3O2S/c16-11-7-5-10(6-8-11)15(20)18-12-3-1-2-4-13(12)21-9-14(17)19/h1-4,10-11H,5-9,16H2,(H2,17,19)(H,18,20). The maximum atomic E-state index is 12.3. The Morgan fingerprint density at radius 1 is 1.19 bits per heavy atom. The second-order valence-electron chi connectivity index (χ2n) is 5.35. The molecule has 1 aromatic rings. The zero-order chi connectivity index (χ0) is 15.2. The number of nitrogens with one attached hydrogen (secondary N) is 1. The molecule has 0 aliphatic heterocycles. The molecule has 1 aliphatic carbocycles. The van der Waals surface area contributed by atoms with Crippen LogP contribution in [0.3, 0.4) is 0 Å². The molecule has 1 saturated carbocycles. The largest absolute Gasteiger partial charge is 0.369 e. The first-order valence-electron chi connectivity index (χ1n) is 7.13. The SMILES string of the molecule is NC(=O)CSc1ccccc1NC(=O)C1CCC(N)CC1. The van der Waals surface area contributed by atoms with Crippen LogP contribution in [0.4, 0.5) is 5.69 Å². The van der Waals surface area contributed by atoms with Crippen LogP contribution < -0.4 is 16.8 Å². The lowest BCUT2D eigenvalue weighted by atomic mass is 9.86. The Morgan fingerprint density at radius 2 is 1.86 bits per heavy atom. The monoisotopic (exact) mass is 307 g/mol. The molecule has 0 spiro atoms. The Kier molecular flexibility index (Phi) is 5.64. The van der Waals surface area contributed by atoms with Crippen LogP contribution in [0.1, 0.15) is 25.7 Å². The Hall–Kier alpha value is -1.53. The molecule has 2 amide bonds. The highest BCUT2D eigenvalue weighted by atomic mass is 32.2. The Bertz CT molecular complexity index is 513. The van der Waals surface area contributed by atoms with Gasteiger partial charge in [-0.3, -0.25) is 9.59 Å². The third-order valence-corrected chi connectivity index (χ3v) is 4.75. The van der Waals surface area contributed by atoms with Crippen molar-refractivity contribution in [1.82, 2.24) is 0 Å². The van der Waals surface area contributed by atoms with E-state index in [4.69, 9.17) is 11.5 Å². The summed E-state index contributed by atoms with van der Waals surface area (Å²) in [7, 11) is 0. The molecule has 114 valence electrons. The van der Waals surface area contributed by atoms with Gasteiger partial charge in [0.25, 0.3) is 0 Å². The summed E-state index contributed by atoms with van der Waals surface area (Å²) in [5.41, 5.74) is 11.8. The van der Waals surface area contributed by atoms with Crippen molar-refractivity contribution in [3.05, 3.63) is 24.3 Å². The van der Waals surface area contributed by atoms with Crippen LogP contribution in [0.5, 0.6) is 0 Å². The number of thioether (sulfide) groups is 1. The molecule has 0 atom stereocenters. The third-order valence-electron chi connectivity index (χ3n) is 3.66. The Balaban J connectivity index is 1.98. The molecular formula is C15H21N3O2S. The van der Waals surface area contributed by atoms with Crippen LogP contribution in [0.15, 0.2) is 29.2 Å². The normalized spacial score (nSPS) is 21.8. The quantitative estimate of drug-likeness (QED) is 0.721. The number of carbonyl (C=O) groups excluding carboxylic acids is 2. The van der Waals surface area contributed by atoms with Gasteiger partial charge in [0.2, 0.25) is 11.8 Å². The fourth-order valence-electron chi connectivity index (χ4n) is 2.46. The predicted octanol–water partition coefficient (Wildman–Crippen LogP) is 1.72. The molecule has 1 aliphatic rings. The minimum atomic E-state index is -0.373. The minimum Gasteiger partial charge on any atom is -0.369 e. The number of para-hydroxylation sites is 1. The summed E-state index contributed by atoms with van der Waals surface area (Å²) in [4.78, 5) is 24.1. The molecule has 0 unspecified atom stereocenters. The van der Waals surface area contributed by atoms with Crippen LogP contribution in [0.25, 0.3) is 0 Å². The maximum Gasteiger partial charge on any atom is 0.227 e. The number of anilines is 1. The molecule has 0 radical (unpaired) electrons. The third kappa shape index (κ3) is 4.75. The van der Waals surface area contributed by atoms with Gasteiger partial charge in [-0.25, -0.2) is 0 Å². The average Bonchev–Trinajstić information content (AvgIpc) is 2.47. The topological polar surface area (TPSA) is 98.2 Å². The molecule has 0 heterocycles. The van der Waals surface area contributed by atoms with E-state index in [1.807, 2.05) is 24.3 Å². The molecule has 0 aromatic heterocycles. The Labute approximate surface area is 128 Å². The van der Waals surface area contributed by atoms with Gasteiger partial charge in [-0.2, -0.15) is 0 Å². The molecule has 5 nitrogen and oxygen atoms in total. The number of benzene rings is 1. The van der Waals surface area contributed by atoms with Gasteiger partial charge in [0.15, 0.2) is 0 Å². The smallest absolute Gasteiger partial charge is 0.227 e. The van der Waals surface area contributed by atoms with Crippen LogP contribution in [0, 0.1) is 5.92 Å². The molecule has 1 fully saturated rings. The number of hydrogen-bond donors (Lipinski definition) is 3. The molecule has 1 aromatic carbocycles. The number of rotatable bonds is 5. The molecule has 0 bridgehead atoms. The van der Waals surface area contributed by atoms with Crippen LogP contribution >= 0.6 is 11.8 Å². The zero-order valence-electron chi connectivity index (χ0n) is 11.9. The first-order chi connectivity index (χ1) is 10.1. The molecule has 6 heteroatoms. The van der Waals surface area contributed by atoms with Gasteiger partial charge in [0.05, 0.1) is 11.4 Å². The fourth-order valence-corrected chi connectivity index (χ4v) is 3.21. The maximum absolute atomic E-state index is 12.3. The molecule has 2 rings (SSSR count). The van der Waals surface area contributed by atoms with E-state index >= 15 is 0 Å². The fraction of sp³-hybridized carbons (Fsp3) is 0.467. The summed E-state index contributed by atoms with van der Waals surface area (Å²) in [5, 5.41) is 2.97. The van der Waals surface area contributed by atoms with Crippen molar-refractivity contribution in [2.45, 2.75) is 36.6 Å². The first-order valence-corrected chi connectivity index (χ1v) is 8.11. The van der Waals surface area contributed by atoms with E-state index in [2.05, 4.69) is 5.32 Å². The molecule has 21 heavy (non-hydrogen) atoms. The molecule has 0 saturated heterocycles. The van der Waals surface area contributed by atoms with E-state index in [9.17, 15) is 9.59 Å². The zero-order valence-corrected chi connectivity index (χ0v) is 12.7. The number of hydrogen-bond acceptors (Lipinski definition) is 4. The van der Waals surface area contributed by atoms with Gasteiger partial charge < -0.3 is 16.8 Å². The van der Waals surface area contributed by atoms with E-state index in [0.29, 0.717) is 0 Å². The lowest BCUT2D eigenvalue weighted by molar-refractivity contribution is -0.120. The molecule has 5 N–H and O–H groups in total. The van der Waals surface area contributed by atoms with Crippen molar-refractivity contribution in [3.63, 3.8) is 0 Å². The van der Waals surface area contributed by atoms with Crippen molar-refractivity contribution in [2.24, 2.45) is 17.4 Å². The number of amides is 2. The van der Waals surface area contributed by atoms with Crippen LogP contribution in [-0.2, 0) is 9.59 Å². The summed E-state index contributed by atoms with van der Waals surface area (Å²) in [6.07, 6.45) is 3.47. The second kappa shape index (κ2) is 7.47. The predicted molar refractivity (Wildman–Crippen MR) is 84.9 cm³/mol. The lowest BCUT2D eigenvalue weighted by Gasteiger charge is -2.25. The summed E-state index contributed by atoms with van der Waals surface area (Å²) in [6, 6.07) is 7.68. The Morgan fingerprint density at radius 3 is 2.52 bits per heavy atom. The number of nitrogens with two attached hydrogens (primary N) is 2. The summed E-state index contributed by atoms with van der Waals surface area (Å²) in [6.45, 7) is 0. The van der Waals surface area contributed by atoms with Gasteiger partial charge in [-0.15, -0.1) is 11.8 Å². The summed E-state index contributed by atoms with van der Waals surface area (Å²) < 4.78 is 0. The molecular weight excluding hydrogens is 286 g/mol. The highest BCUT2D eigenvalue weighted by molar-refractivity contribution is 8.00. The van der Waals surface area contributed by atoms with Gasteiger partial charge in [0, 0.05) is 16.9 Å². The van der Waals surface area contributed by atoms with E-state index in [0.717, 1.165) is 36.3 Å². The van der Waals surface area contributed by atoms with Gasteiger partial charge >= 0.3 is 0 Å². The van der Waals surface area contributed by atoms with Gasteiger partial charge in [0.1, 0.15) is 0 Å². The number of primary amides is 1. The van der Waals surface area contributed by atoms with Crippen molar-refractivity contribution in [2.75, 3.05) is 11.1 Å². The van der Waals surface area contributed by atoms with Gasteiger partial charge in [-0.05, 0) is 37.8 Å². The van der Waals surface area contributed by atoms with Crippen molar-refractivity contribution in [1.29, 1.82) is 0 Å². The minimum absolute atomic E-state index is 0.0268. The average molecular weight is 307 g/mol. The summed E-state index contributed by atoms with van der Waals surface area (Å²) >= 11 is 1.33. The van der Waals surface area contributed by atoms with Crippen molar-refractivity contribution in [3.8, 4) is 0 Å². The van der Waals surface area contributed by atoms with Crippen LogP contribution in [0.2, 0.25) is 0 Å². The van der Waals surface area contributed by atoms with Crippen molar-refractivity contribution >= 4 is 29.3 Å². The van der Waals surface area contributed by atoms with Crippen molar-refractivity contribution < 1.29 is 9.59 Å². The number of carbonyl (C=O) groups is 2. The van der Waals surface area contributed by atoms with Crippen LogP contribution in [-0.4, -0.2) is 23.6 Å². The highest BCUT2D eigenvalue weighted by Gasteiger charge is 2.24. The second-order valence-corrected chi connectivity index (χ2v) is 6.37. The summed E-state index contributed by atoms with van der Waals surface area (Å²) in [5.74, 6) is -0.110. The van der Waals surface area contributed by atoms with E-state index in [-0.39, 0.29) is 29.5 Å². The first kappa shape index (κ1) is 15.9. The van der Waals surface area contributed by atoms with E-state index in [1.165, 1.54) is 11.8 Å². The van der Waals surface area contributed by atoms with E-state index < -0.39 is 0 Å². The highest BCUT2D eigenvalue weighted by Crippen LogP contribution is 2.29.